The summed E-state index contributed by atoms with van der Waals surface area (Å²) in [6, 6.07) is 0.418. The molecule has 1 unspecified atom stereocenters. The molecule has 1 aliphatic rings. The summed E-state index contributed by atoms with van der Waals surface area (Å²) < 4.78 is 0. The zero-order valence-electron chi connectivity index (χ0n) is 9.67. The van der Waals surface area contributed by atoms with Gasteiger partial charge in [0.15, 0.2) is 0 Å². The summed E-state index contributed by atoms with van der Waals surface area (Å²) in [5.74, 6) is 2.42. The third-order valence-electron chi connectivity index (χ3n) is 3.32. The molecule has 1 aliphatic heterocycles. The van der Waals surface area contributed by atoms with E-state index in [4.69, 9.17) is 10.8 Å². The second-order valence-electron chi connectivity index (χ2n) is 4.36. The molecule has 0 radical (unpaired) electrons. The van der Waals surface area contributed by atoms with Gasteiger partial charge in [-0.25, -0.2) is 0 Å². The van der Waals surface area contributed by atoms with Crippen LogP contribution < -0.4 is 11.1 Å². The van der Waals surface area contributed by atoms with E-state index in [1.165, 1.54) is 11.5 Å². The summed E-state index contributed by atoms with van der Waals surface area (Å²) in [5.41, 5.74) is 6.04. The summed E-state index contributed by atoms with van der Waals surface area (Å²) in [7, 11) is 0. The Morgan fingerprint density at radius 3 is 2.60 bits per heavy atom. The fourth-order valence-corrected chi connectivity index (χ4v) is 3.41. The van der Waals surface area contributed by atoms with Gasteiger partial charge < -0.3 is 16.2 Å². The van der Waals surface area contributed by atoms with Crippen LogP contribution in [0.1, 0.15) is 32.6 Å². The lowest BCUT2D eigenvalue weighted by atomic mass is 9.90. The minimum Gasteiger partial charge on any atom is -0.396 e. The average Bonchev–Trinajstić information content (AvgIpc) is 2.30. The van der Waals surface area contributed by atoms with E-state index in [0.717, 1.165) is 32.2 Å². The van der Waals surface area contributed by atoms with Gasteiger partial charge in [0.1, 0.15) is 0 Å². The normalized spacial score (nSPS) is 22.6. The van der Waals surface area contributed by atoms with Gasteiger partial charge in [-0.1, -0.05) is 6.92 Å². The molecule has 0 aliphatic carbocycles. The first-order valence-corrected chi connectivity index (χ1v) is 7.08. The molecule has 1 rings (SSSR count). The number of nitrogens with two attached hydrogens (primary N) is 1. The van der Waals surface area contributed by atoms with Gasteiger partial charge in [-0.3, -0.25) is 0 Å². The van der Waals surface area contributed by atoms with E-state index in [1.807, 2.05) is 11.8 Å². The van der Waals surface area contributed by atoms with Crippen molar-refractivity contribution in [2.24, 2.45) is 5.73 Å². The monoisotopic (exact) mass is 232 g/mol. The van der Waals surface area contributed by atoms with Crippen LogP contribution in [-0.4, -0.2) is 41.3 Å². The molecule has 3 nitrogen and oxygen atoms in total. The molecule has 4 N–H and O–H groups in total. The summed E-state index contributed by atoms with van der Waals surface area (Å²) >= 11 is 2.02. The van der Waals surface area contributed by atoms with Crippen molar-refractivity contribution < 1.29 is 5.11 Å². The van der Waals surface area contributed by atoms with Crippen molar-refractivity contribution in [3.05, 3.63) is 0 Å². The molecular formula is C11H24N2OS. The minimum atomic E-state index is 0.140. The van der Waals surface area contributed by atoms with Gasteiger partial charge in [0.25, 0.3) is 0 Å². The summed E-state index contributed by atoms with van der Waals surface area (Å²) in [4.78, 5) is 0. The molecular weight excluding hydrogens is 208 g/mol. The largest absolute Gasteiger partial charge is 0.396 e. The molecule has 0 aromatic rings. The maximum Gasteiger partial charge on any atom is 0.0445 e. The molecule has 15 heavy (non-hydrogen) atoms. The van der Waals surface area contributed by atoms with Crippen LogP contribution >= 0.6 is 11.8 Å². The van der Waals surface area contributed by atoms with Crippen molar-refractivity contribution in [2.75, 3.05) is 24.7 Å². The Bertz CT molecular complexity index is 172. The van der Waals surface area contributed by atoms with Crippen LogP contribution in [0.2, 0.25) is 0 Å². The zero-order chi connectivity index (χ0) is 11.1. The predicted octanol–water partition coefficient (Wildman–Crippen LogP) is 0.961. The van der Waals surface area contributed by atoms with Crippen molar-refractivity contribution in [1.29, 1.82) is 0 Å². The molecule has 0 spiro atoms. The zero-order valence-corrected chi connectivity index (χ0v) is 10.5. The SMILES string of the molecule is CCC(CCO)NC1(CN)CCSCC1. The molecule has 1 heterocycles. The lowest BCUT2D eigenvalue weighted by molar-refractivity contribution is 0.217. The number of thioether (sulfide) groups is 1. The lowest BCUT2D eigenvalue weighted by Gasteiger charge is -2.40. The van der Waals surface area contributed by atoms with Gasteiger partial charge in [-0.15, -0.1) is 0 Å². The predicted molar refractivity (Wildman–Crippen MR) is 67.3 cm³/mol. The molecule has 0 bridgehead atoms. The Hall–Kier alpha value is 0.230. The van der Waals surface area contributed by atoms with E-state index in [2.05, 4.69) is 12.2 Å². The van der Waals surface area contributed by atoms with Crippen LogP contribution in [0.15, 0.2) is 0 Å². The van der Waals surface area contributed by atoms with Crippen molar-refractivity contribution in [3.63, 3.8) is 0 Å². The Morgan fingerprint density at radius 1 is 1.47 bits per heavy atom. The molecule has 0 aromatic carbocycles. The first kappa shape index (κ1) is 13.3. The van der Waals surface area contributed by atoms with Crippen LogP contribution in [0.4, 0.5) is 0 Å². The highest BCUT2D eigenvalue weighted by atomic mass is 32.2. The van der Waals surface area contributed by atoms with Gasteiger partial charge in [-0.2, -0.15) is 11.8 Å². The molecule has 0 aromatic heterocycles. The smallest absolute Gasteiger partial charge is 0.0445 e. The quantitative estimate of drug-likeness (QED) is 0.638. The standard InChI is InChI=1S/C11H24N2OS/c1-2-10(3-6-14)13-11(9-12)4-7-15-8-5-11/h10,13-14H,2-9,12H2,1H3. The molecule has 0 amide bonds. The highest BCUT2D eigenvalue weighted by molar-refractivity contribution is 7.99. The third kappa shape index (κ3) is 3.94. The fourth-order valence-electron chi connectivity index (χ4n) is 2.14. The molecule has 1 saturated heterocycles. The highest BCUT2D eigenvalue weighted by Crippen LogP contribution is 2.27. The van der Waals surface area contributed by atoms with Crippen LogP contribution in [0.25, 0.3) is 0 Å². The third-order valence-corrected chi connectivity index (χ3v) is 4.31. The maximum absolute atomic E-state index is 8.98. The van der Waals surface area contributed by atoms with Gasteiger partial charge in [-0.05, 0) is 37.2 Å². The minimum absolute atomic E-state index is 0.140. The van der Waals surface area contributed by atoms with Crippen molar-refractivity contribution in [2.45, 2.75) is 44.2 Å². The van der Waals surface area contributed by atoms with Crippen LogP contribution in [0, 0.1) is 0 Å². The number of hydrogen-bond donors (Lipinski definition) is 3. The topological polar surface area (TPSA) is 58.3 Å². The van der Waals surface area contributed by atoms with Crippen LogP contribution in [0.5, 0.6) is 0 Å². The van der Waals surface area contributed by atoms with Gasteiger partial charge in [0.05, 0.1) is 0 Å². The Kier molecular flexibility index (Phi) is 5.97. The van der Waals surface area contributed by atoms with Crippen LogP contribution in [-0.2, 0) is 0 Å². The maximum atomic E-state index is 8.98. The molecule has 90 valence electrons. The van der Waals surface area contributed by atoms with Gasteiger partial charge in [0.2, 0.25) is 0 Å². The number of aliphatic hydroxyl groups excluding tert-OH is 1. The first-order valence-electron chi connectivity index (χ1n) is 5.92. The second-order valence-corrected chi connectivity index (χ2v) is 5.58. The van der Waals surface area contributed by atoms with E-state index in [9.17, 15) is 0 Å². The molecule has 1 fully saturated rings. The lowest BCUT2D eigenvalue weighted by Crippen LogP contribution is -2.57. The van der Waals surface area contributed by atoms with E-state index in [-0.39, 0.29) is 12.1 Å². The Balaban J connectivity index is 2.49. The van der Waals surface area contributed by atoms with Crippen molar-refractivity contribution >= 4 is 11.8 Å². The number of hydrogen-bond acceptors (Lipinski definition) is 4. The number of nitrogens with one attached hydrogen (secondary N) is 1. The number of rotatable bonds is 6. The Morgan fingerprint density at radius 2 is 2.13 bits per heavy atom. The number of aliphatic hydroxyl groups is 1. The molecule has 4 heteroatoms. The van der Waals surface area contributed by atoms with Crippen molar-refractivity contribution in [3.8, 4) is 0 Å². The summed E-state index contributed by atoms with van der Waals surface area (Å²) in [5, 5.41) is 12.6. The van der Waals surface area contributed by atoms with E-state index in [0.29, 0.717) is 6.04 Å². The average molecular weight is 232 g/mol. The summed E-state index contributed by atoms with van der Waals surface area (Å²) in [6.45, 7) is 3.14. The molecule has 1 atom stereocenters. The van der Waals surface area contributed by atoms with Crippen LogP contribution in [0.3, 0.4) is 0 Å². The van der Waals surface area contributed by atoms with E-state index < -0.39 is 0 Å². The summed E-state index contributed by atoms with van der Waals surface area (Å²) in [6.07, 6.45) is 4.23. The second kappa shape index (κ2) is 6.74. The Labute approximate surface area is 97.2 Å². The van der Waals surface area contributed by atoms with Crippen molar-refractivity contribution in [1.82, 2.24) is 5.32 Å². The van der Waals surface area contributed by atoms with E-state index >= 15 is 0 Å². The fraction of sp³-hybridized carbons (Fsp3) is 1.00. The highest BCUT2D eigenvalue weighted by Gasteiger charge is 2.32. The molecule has 0 saturated carbocycles. The van der Waals surface area contributed by atoms with E-state index in [1.54, 1.807) is 0 Å². The van der Waals surface area contributed by atoms with Gasteiger partial charge >= 0.3 is 0 Å². The van der Waals surface area contributed by atoms with Gasteiger partial charge in [0, 0.05) is 24.7 Å². The first-order chi connectivity index (χ1) is 7.26.